The summed E-state index contributed by atoms with van der Waals surface area (Å²) in [6.07, 6.45) is 5.80. The molecule has 5 unspecified atom stereocenters. The third kappa shape index (κ3) is 2.85. The van der Waals surface area contributed by atoms with Gasteiger partial charge in [-0.15, -0.1) is 0 Å². The first-order valence-electron chi connectivity index (χ1n) is 8.11. The molecule has 0 spiro atoms. The molecule has 7 nitrogen and oxygen atoms in total. The van der Waals surface area contributed by atoms with Gasteiger partial charge in [-0.3, -0.25) is 19.8 Å². The molecule has 0 aromatic rings. The Bertz CT molecular complexity index is 560. The maximum absolute atomic E-state index is 12.8. The number of nitrogens with zero attached hydrogens (tertiary/aromatic N) is 1. The van der Waals surface area contributed by atoms with E-state index in [1.807, 2.05) is 12.2 Å². The van der Waals surface area contributed by atoms with E-state index in [4.69, 9.17) is 5.73 Å². The molecule has 0 aromatic heterocycles. The number of amides is 2. The molecular formula is C16H23N3O4. The van der Waals surface area contributed by atoms with Gasteiger partial charge in [0, 0.05) is 0 Å². The number of fused-ring (bicyclic) bond motifs is 1. The van der Waals surface area contributed by atoms with E-state index < -0.39 is 30.3 Å². The summed E-state index contributed by atoms with van der Waals surface area (Å²) in [7, 11) is 0. The second-order valence-corrected chi connectivity index (χ2v) is 6.34. The number of aliphatic hydroxyl groups excluding tert-OH is 2. The van der Waals surface area contributed by atoms with Crippen LogP contribution in [0.1, 0.15) is 25.7 Å². The lowest BCUT2D eigenvalue weighted by Crippen LogP contribution is -2.58. The molecule has 2 saturated heterocycles. The summed E-state index contributed by atoms with van der Waals surface area (Å²) in [6.45, 7) is 0.535. The van der Waals surface area contributed by atoms with Crippen LogP contribution in [0.25, 0.3) is 0 Å². The number of rotatable bonds is 4. The fraction of sp³-hybridized carbons (Fsp3) is 0.625. The molecule has 7 heteroatoms. The number of carbonyl (C=O) groups is 2. The van der Waals surface area contributed by atoms with Crippen molar-refractivity contribution in [2.75, 3.05) is 6.54 Å². The Labute approximate surface area is 134 Å². The van der Waals surface area contributed by atoms with E-state index >= 15 is 0 Å². The third-order valence-corrected chi connectivity index (χ3v) is 4.88. The molecule has 0 aromatic carbocycles. The van der Waals surface area contributed by atoms with Crippen molar-refractivity contribution in [3.05, 3.63) is 23.8 Å². The van der Waals surface area contributed by atoms with E-state index in [2.05, 4.69) is 5.32 Å². The van der Waals surface area contributed by atoms with Crippen molar-refractivity contribution >= 4 is 11.8 Å². The Hall–Kier alpha value is -1.54. The summed E-state index contributed by atoms with van der Waals surface area (Å²) < 4.78 is 0. The Kier molecular flexibility index (Phi) is 4.63. The van der Waals surface area contributed by atoms with Gasteiger partial charge in [0.15, 0.2) is 0 Å². The highest BCUT2D eigenvalue weighted by Gasteiger charge is 2.52. The Morgan fingerprint density at radius 2 is 2.04 bits per heavy atom. The summed E-state index contributed by atoms with van der Waals surface area (Å²) in [6, 6.07) is -0.631. The molecule has 2 amide bonds. The van der Waals surface area contributed by atoms with Gasteiger partial charge >= 0.3 is 0 Å². The van der Waals surface area contributed by atoms with Gasteiger partial charge in [0.25, 0.3) is 0 Å². The molecule has 1 aliphatic carbocycles. The van der Waals surface area contributed by atoms with Crippen LogP contribution in [0.4, 0.5) is 0 Å². The summed E-state index contributed by atoms with van der Waals surface area (Å²) >= 11 is 0. The zero-order chi connectivity index (χ0) is 16.6. The molecule has 3 rings (SSSR count). The van der Waals surface area contributed by atoms with E-state index in [9.17, 15) is 19.8 Å². The highest BCUT2D eigenvalue weighted by Crippen LogP contribution is 2.39. The smallest absolute Gasteiger partial charge is 0.237 e. The molecule has 23 heavy (non-hydrogen) atoms. The first-order chi connectivity index (χ1) is 11.0. The van der Waals surface area contributed by atoms with Crippen molar-refractivity contribution in [3.8, 4) is 0 Å². The molecule has 5 N–H and O–H groups in total. The molecule has 126 valence electrons. The Morgan fingerprint density at radius 3 is 2.74 bits per heavy atom. The van der Waals surface area contributed by atoms with Gasteiger partial charge in [-0.2, -0.15) is 0 Å². The fourth-order valence-corrected chi connectivity index (χ4v) is 3.72. The molecule has 0 radical (unpaired) electrons. The van der Waals surface area contributed by atoms with Gasteiger partial charge in [-0.25, -0.2) is 0 Å². The van der Waals surface area contributed by atoms with Crippen LogP contribution in [0.3, 0.4) is 0 Å². The predicted octanol–water partition coefficient (Wildman–Crippen LogP) is -0.788. The molecule has 2 fully saturated rings. The summed E-state index contributed by atoms with van der Waals surface area (Å²) in [5.41, 5.74) is 6.48. The topological polar surface area (TPSA) is 116 Å². The van der Waals surface area contributed by atoms with E-state index in [0.29, 0.717) is 25.8 Å². The van der Waals surface area contributed by atoms with Crippen LogP contribution >= 0.6 is 0 Å². The lowest BCUT2D eigenvalue weighted by Gasteiger charge is -2.36. The minimum absolute atomic E-state index is 0.255. The van der Waals surface area contributed by atoms with Crippen LogP contribution < -0.4 is 11.1 Å². The minimum Gasteiger partial charge on any atom is -0.379 e. The number of aliphatic hydroxyl groups is 2. The summed E-state index contributed by atoms with van der Waals surface area (Å²) in [4.78, 5) is 26.7. The zero-order valence-electron chi connectivity index (χ0n) is 12.9. The second-order valence-electron chi connectivity index (χ2n) is 6.34. The standard InChI is InChI=1S/C16H23N3O4/c17-8-2-4-9-3-1-5-10-13(9)16(23)19(15(10)22)11-6-7-12(20)18-14(11)21/h1,3,5,10-14,18,20-21H,2,4,6-8,17H2. The second kappa shape index (κ2) is 6.52. The number of imide groups is 1. The van der Waals surface area contributed by atoms with Gasteiger partial charge in [-0.05, 0) is 32.2 Å². The maximum atomic E-state index is 12.8. The predicted molar refractivity (Wildman–Crippen MR) is 82.5 cm³/mol. The van der Waals surface area contributed by atoms with Gasteiger partial charge in [0.2, 0.25) is 11.8 Å². The largest absolute Gasteiger partial charge is 0.379 e. The SMILES string of the molecule is NCCCC1=CC=CC2C(=O)N(C3CCC(O)NC3O)C(=O)C12. The zero-order valence-corrected chi connectivity index (χ0v) is 12.9. The Balaban J connectivity index is 1.82. The number of nitrogens with two attached hydrogens (primary N) is 1. The van der Waals surface area contributed by atoms with Crippen molar-refractivity contribution in [1.29, 1.82) is 0 Å². The van der Waals surface area contributed by atoms with E-state index in [0.717, 1.165) is 12.0 Å². The highest BCUT2D eigenvalue weighted by molar-refractivity contribution is 6.08. The van der Waals surface area contributed by atoms with Crippen molar-refractivity contribution in [2.45, 2.75) is 44.2 Å². The first-order valence-corrected chi connectivity index (χ1v) is 8.11. The minimum atomic E-state index is -1.10. The van der Waals surface area contributed by atoms with Gasteiger partial charge in [-0.1, -0.05) is 23.8 Å². The van der Waals surface area contributed by atoms with Gasteiger partial charge in [0.05, 0.1) is 17.9 Å². The molecular weight excluding hydrogens is 298 g/mol. The maximum Gasteiger partial charge on any atom is 0.237 e. The molecule has 2 heterocycles. The monoisotopic (exact) mass is 321 g/mol. The summed E-state index contributed by atoms with van der Waals surface area (Å²) in [5.74, 6) is -1.48. The van der Waals surface area contributed by atoms with Crippen molar-refractivity contribution in [3.63, 3.8) is 0 Å². The molecule has 0 saturated carbocycles. The molecule has 0 bridgehead atoms. The molecule has 2 aliphatic heterocycles. The number of piperidine rings is 1. The Morgan fingerprint density at radius 1 is 1.26 bits per heavy atom. The number of allylic oxidation sites excluding steroid dienone is 2. The third-order valence-electron chi connectivity index (χ3n) is 4.88. The van der Waals surface area contributed by atoms with Gasteiger partial charge < -0.3 is 15.9 Å². The van der Waals surface area contributed by atoms with Crippen molar-refractivity contribution < 1.29 is 19.8 Å². The summed E-state index contributed by atoms with van der Waals surface area (Å²) in [5, 5.41) is 22.2. The number of hydrogen-bond donors (Lipinski definition) is 4. The van der Waals surface area contributed by atoms with Crippen molar-refractivity contribution in [1.82, 2.24) is 10.2 Å². The van der Waals surface area contributed by atoms with E-state index in [-0.39, 0.29) is 11.8 Å². The molecule has 3 aliphatic rings. The van der Waals surface area contributed by atoms with Crippen LogP contribution in [0, 0.1) is 11.8 Å². The number of nitrogens with one attached hydrogen (secondary N) is 1. The van der Waals surface area contributed by atoms with Crippen molar-refractivity contribution in [2.24, 2.45) is 17.6 Å². The van der Waals surface area contributed by atoms with Crippen LogP contribution in [-0.2, 0) is 9.59 Å². The lowest BCUT2D eigenvalue weighted by atomic mass is 9.82. The normalized spacial score (nSPS) is 37.1. The van der Waals surface area contributed by atoms with Crippen LogP contribution in [-0.4, -0.2) is 52.0 Å². The number of likely N-dealkylation sites (tertiary alicyclic amines) is 1. The van der Waals surface area contributed by atoms with E-state index in [1.54, 1.807) is 6.08 Å². The first kappa shape index (κ1) is 16.3. The number of carbonyl (C=O) groups excluding carboxylic acids is 2. The molecule has 5 atom stereocenters. The quantitative estimate of drug-likeness (QED) is 0.504. The highest BCUT2D eigenvalue weighted by atomic mass is 16.3. The van der Waals surface area contributed by atoms with Crippen LogP contribution in [0.2, 0.25) is 0 Å². The van der Waals surface area contributed by atoms with E-state index in [1.165, 1.54) is 4.90 Å². The number of hydrogen-bond acceptors (Lipinski definition) is 6. The lowest BCUT2D eigenvalue weighted by molar-refractivity contribution is -0.149. The van der Waals surface area contributed by atoms with Gasteiger partial charge in [0.1, 0.15) is 12.5 Å². The van der Waals surface area contributed by atoms with Crippen LogP contribution in [0.5, 0.6) is 0 Å². The fourth-order valence-electron chi connectivity index (χ4n) is 3.72. The van der Waals surface area contributed by atoms with Crippen LogP contribution in [0.15, 0.2) is 23.8 Å². The average molecular weight is 321 g/mol. The average Bonchev–Trinajstić information content (AvgIpc) is 2.78.